The van der Waals surface area contributed by atoms with E-state index in [1.165, 1.54) is 11.8 Å². The van der Waals surface area contributed by atoms with Crippen molar-refractivity contribution in [2.24, 2.45) is 0 Å². The lowest BCUT2D eigenvalue weighted by atomic mass is 10.3. The first-order chi connectivity index (χ1) is 8.49. The summed E-state index contributed by atoms with van der Waals surface area (Å²) >= 11 is 7.24. The van der Waals surface area contributed by atoms with Gasteiger partial charge in [-0.1, -0.05) is 11.6 Å². The summed E-state index contributed by atoms with van der Waals surface area (Å²) in [6.45, 7) is 3.84. The molecule has 3 N–H and O–H groups in total. The van der Waals surface area contributed by atoms with Crippen LogP contribution < -0.4 is 11.4 Å². The van der Waals surface area contributed by atoms with E-state index in [1.807, 2.05) is 13.8 Å². The maximum atomic E-state index is 11.6. The molecule has 0 aliphatic rings. The number of hydrogen-bond donors (Lipinski definition) is 2. The molecule has 0 radical (unpaired) electrons. The zero-order valence-corrected chi connectivity index (χ0v) is 11.5. The highest BCUT2D eigenvalue weighted by Crippen LogP contribution is 2.32. The lowest BCUT2D eigenvalue weighted by molar-refractivity contribution is 0.534. The molecule has 7 heteroatoms. The molecule has 0 saturated heterocycles. The second-order valence-corrected chi connectivity index (χ2v) is 5.50. The van der Waals surface area contributed by atoms with Gasteiger partial charge in [-0.2, -0.15) is 0 Å². The molecule has 1 aromatic carbocycles. The summed E-state index contributed by atoms with van der Waals surface area (Å²) in [5.41, 5.74) is 6.24. The van der Waals surface area contributed by atoms with Crippen LogP contribution in [0, 0.1) is 0 Å². The van der Waals surface area contributed by atoms with Gasteiger partial charge in [0.25, 0.3) is 0 Å². The van der Waals surface area contributed by atoms with Crippen LogP contribution in [0.5, 0.6) is 0 Å². The Morgan fingerprint density at radius 2 is 2.22 bits per heavy atom. The van der Waals surface area contributed by atoms with Gasteiger partial charge in [0.2, 0.25) is 0 Å². The first-order valence-electron chi connectivity index (χ1n) is 5.39. The van der Waals surface area contributed by atoms with Crippen molar-refractivity contribution in [3.63, 3.8) is 0 Å². The first-order valence-corrected chi connectivity index (χ1v) is 6.58. The van der Waals surface area contributed by atoms with Crippen LogP contribution in [0.4, 0.5) is 5.69 Å². The summed E-state index contributed by atoms with van der Waals surface area (Å²) in [5, 5.41) is 7.60. The summed E-state index contributed by atoms with van der Waals surface area (Å²) in [4.78, 5) is 12.4. The Kier molecular flexibility index (Phi) is 3.68. The molecule has 0 fully saturated rings. The Morgan fingerprint density at radius 3 is 2.89 bits per heavy atom. The SMILES string of the molecule is CC(C)n1c(Sc2cc(Cl)ccc2N)n[nH]c1=O. The van der Waals surface area contributed by atoms with Gasteiger partial charge in [0.1, 0.15) is 0 Å². The number of H-pyrrole nitrogens is 1. The largest absolute Gasteiger partial charge is 0.398 e. The topological polar surface area (TPSA) is 76.7 Å². The number of aromatic nitrogens is 3. The highest BCUT2D eigenvalue weighted by Gasteiger charge is 2.14. The van der Waals surface area contributed by atoms with Crippen LogP contribution in [0.25, 0.3) is 0 Å². The number of nitrogens with two attached hydrogens (primary N) is 1. The number of benzene rings is 1. The van der Waals surface area contributed by atoms with E-state index in [0.29, 0.717) is 15.9 Å². The Morgan fingerprint density at radius 1 is 1.50 bits per heavy atom. The normalized spacial score (nSPS) is 11.1. The number of anilines is 1. The molecule has 96 valence electrons. The average Bonchev–Trinajstić information content (AvgIpc) is 2.65. The van der Waals surface area contributed by atoms with Gasteiger partial charge in [-0.15, -0.1) is 5.10 Å². The third-order valence-electron chi connectivity index (χ3n) is 2.37. The highest BCUT2D eigenvalue weighted by atomic mass is 35.5. The van der Waals surface area contributed by atoms with Gasteiger partial charge in [-0.3, -0.25) is 4.57 Å². The molecular weight excluding hydrogens is 272 g/mol. The van der Waals surface area contributed by atoms with Gasteiger partial charge in [0, 0.05) is 21.6 Å². The van der Waals surface area contributed by atoms with Gasteiger partial charge < -0.3 is 5.73 Å². The van der Waals surface area contributed by atoms with Crippen molar-refractivity contribution in [2.45, 2.75) is 29.9 Å². The van der Waals surface area contributed by atoms with Crippen molar-refractivity contribution in [3.8, 4) is 0 Å². The maximum Gasteiger partial charge on any atom is 0.344 e. The molecule has 0 aliphatic heterocycles. The van der Waals surface area contributed by atoms with E-state index in [4.69, 9.17) is 17.3 Å². The molecule has 0 aliphatic carbocycles. The van der Waals surface area contributed by atoms with Crippen LogP contribution in [-0.4, -0.2) is 14.8 Å². The second-order valence-electron chi connectivity index (χ2n) is 4.06. The quantitative estimate of drug-likeness (QED) is 0.849. The molecule has 0 spiro atoms. The number of nitrogen functional groups attached to an aromatic ring is 1. The van der Waals surface area contributed by atoms with Crippen LogP contribution in [0.3, 0.4) is 0 Å². The lowest BCUT2D eigenvalue weighted by Crippen LogP contribution is -2.19. The summed E-state index contributed by atoms with van der Waals surface area (Å²) in [7, 11) is 0. The number of nitrogens with one attached hydrogen (secondary N) is 1. The Balaban J connectivity index is 2.40. The summed E-state index contributed by atoms with van der Waals surface area (Å²) in [6.07, 6.45) is 0. The molecule has 0 bridgehead atoms. The molecule has 2 rings (SSSR count). The third kappa shape index (κ3) is 2.54. The lowest BCUT2D eigenvalue weighted by Gasteiger charge is -2.09. The number of rotatable bonds is 3. The molecule has 2 aromatic rings. The van der Waals surface area contributed by atoms with Gasteiger partial charge in [0.05, 0.1) is 0 Å². The molecular formula is C11H13ClN4OS. The number of halogens is 1. The molecule has 0 atom stereocenters. The predicted octanol–water partition coefficient (Wildman–Crippen LogP) is 2.54. The predicted molar refractivity (Wildman–Crippen MR) is 73.2 cm³/mol. The zero-order valence-electron chi connectivity index (χ0n) is 9.98. The van der Waals surface area contributed by atoms with Crippen molar-refractivity contribution in [2.75, 3.05) is 5.73 Å². The van der Waals surface area contributed by atoms with Crippen LogP contribution >= 0.6 is 23.4 Å². The molecule has 0 amide bonds. The van der Waals surface area contributed by atoms with E-state index in [-0.39, 0.29) is 11.7 Å². The minimum absolute atomic E-state index is 0.0270. The van der Waals surface area contributed by atoms with E-state index in [2.05, 4.69) is 10.2 Å². The van der Waals surface area contributed by atoms with Gasteiger partial charge in [-0.25, -0.2) is 9.89 Å². The van der Waals surface area contributed by atoms with Gasteiger partial charge in [-0.05, 0) is 43.8 Å². The molecule has 18 heavy (non-hydrogen) atoms. The molecule has 1 heterocycles. The Labute approximate surface area is 113 Å². The van der Waals surface area contributed by atoms with E-state index in [9.17, 15) is 4.79 Å². The van der Waals surface area contributed by atoms with Crippen molar-refractivity contribution >= 4 is 29.1 Å². The summed E-state index contributed by atoms with van der Waals surface area (Å²) < 4.78 is 1.57. The zero-order chi connectivity index (χ0) is 13.3. The van der Waals surface area contributed by atoms with Crippen molar-refractivity contribution in [1.82, 2.24) is 14.8 Å². The maximum absolute atomic E-state index is 11.6. The first kappa shape index (κ1) is 13.0. The van der Waals surface area contributed by atoms with E-state index < -0.39 is 0 Å². The van der Waals surface area contributed by atoms with E-state index >= 15 is 0 Å². The summed E-state index contributed by atoms with van der Waals surface area (Å²) in [5.74, 6) is 0. The standard InChI is InChI=1S/C11H13ClN4OS/c1-6(2)16-10(17)14-15-11(16)18-9-5-7(12)3-4-8(9)13/h3-6H,13H2,1-2H3,(H,14,17). The fourth-order valence-corrected chi connectivity index (χ4v) is 2.80. The van der Waals surface area contributed by atoms with Crippen LogP contribution in [0.1, 0.15) is 19.9 Å². The minimum Gasteiger partial charge on any atom is -0.398 e. The van der Waals surface area contributed by atoms with Crippen LogP contribution in [0.15, 0.2) is 33.0 Å². The number of aromatic amines is 1. The Hall–Kier alpha value is -1.40. The molecule has 1 aromatic heterocycles. The second kappa shape index (κ2) is 5.07. The van der Waals surface area contributed by atoms with Crippen molar-refractivity contribution in [1.29, 1.82) is 0 Å². The Bertz CT molecular complexity index is 620. The molecule has 0 saturated carbocycles. The van der Waals surface area contributed by atoms with Crippen LogP contribution in [0.2, 0.25) is 5.02 Å². The fraction of sp³-hybridized carbons (Fsp3) is 0.273. The summed E-state index contributed by atoms with van der Waals surface area (Å²) in [6, 6.07) is 5.24. The average molecular weight is 285 g/mol. The van der Waals surface area contributed by atoms with Gasteiger partial charge in [0.15, 0.2) is 5.16 Å². The van der Waals surface area contributed by atoms with Crippen LogP contribution in [-0.2, 0) is 0 Å². The smallest absolute Gasteiger partial charge is 0.344 e. The third-order valence-corrected chi connectivity index (χ3v) is 3.64. The molecule has 0 unspecified atom stereocenters. The van der Waals surface area contributed by atoms with Crippen molar-refractivity contribution in [3.05, 3.63) is 33.7 Å². The minimum atomic E-state index is -0.229. The monoisotopic (exact) mass is 284 g/mol. The fourth-order valence-electron chi connectivity index (χ4n) is 1.51. The number of nitrogens with zero attached hydrogens (tertiary/aromatic N) is 2. The molecule has 5 nitrogen and oxygen atoms in total. The van der Waals surface area contributed by atoms with E-state index in [1.54, 1.807) is 22.8 Å². The van der Waals surface area contributed by atoms with Gasteiger partial charge >= 0.3 is 5.69 Å². The van der Waals surface area contributed by atoms with E-state index in [0.717, 1.165) is 4.90 Å². The number of hydrogen-bond acceptors (Lipinski definition) is 4. The highest BCUT2D eigenvalue weighted by molar-refractivity contribution is 7.99. The van der Waals surface area contributed by atoms with Crippen molar-refractivity contribution < 1.29 is 0 Å².